The van der Waals surface area contributed by atoms with Crippen molar-refractivity contribution in [2.24, 2.45) is 0 Å². The third-order valence-electron chi connectivity index (χ3n) is 2.86. The van der Waals surface area contributed by atoms with Gasteiger partial charge in [-0.2, -0.15) is 0 Å². The van der Waals surface area contributed by atoms with Crippen molar-refractivity contribution in [3.8, 4) is 5.75 Å². The van der Waals surface area contributed by atoms with Gasteiger partial charge >= 0.3 is 0 Å². The van der Waals surface area contributed by atoms with Crippen LogP contribution in [0.25, 0.3) is 0 Å². The maximum Gasteiger partial charge on any atom is 0.122 e. The molecule has 1 aromatic carbocycles. The van der Waals surface area contributed by atoms with Gasteiger partial charge in [0, 0.05) is 6.54 Å². The first kappa shape index (κ1) is 12.1. The Hall–Kier alpha value is -1.02. The highest BCUT2D eigenvalue weighted by Gasteiger charge is 2.09. The quantitative estimate of drug-likeness (QED) is 0.819. The predicted octanol–water partition coefficient (Wildman–Crippen LogP) is 2.73. The molecule has 2 nitrogen and oxygen atoms in total. The maximum absolute atomic E-state index is 5.61. The van der Waals surface area contributed by atoms with Gasteiger partial charge in [-0.05, 0) is 63.1 Å². The Morgan fingerprint density at radius 1 is 1.20 bits per heavy atom. The van der Waals surface area contributed by atoms with Crippen LogP contribution in [0.1, 0.15) is 29.2 Å². The van der Waals surface area contributed by atoms with E-state index in [1.807, 2.05) is 14.0 Å². The number of hydrogen-bond acceptors (Lipinski definition) is 2. The Morgan fingerprint density at radius 2 is 1.87 bits per heavy atom. The molecule has 0 saturated carbocycles. The van der Waals surface area contributed by atoms with E-state index in [-0.39, 0.29) is 0 Å². The van der Waals surface area contributed by atoms with Gasteiger partial charge in [-0.3, -0.25) is 0 Å². The summed E-state index contributed by atoms with van der Waals surface area (Å²) in [7, 11) is 1.98. The van der Waals surface area contributed by atoms with Gasteiger partial charge < -0.3 is 10.1 Å². The summed E-state index contributed by atoms with van der Waals surface area (Å²) in [6.07, 6.45) is 0. The fourth-order valence-corrected chi connectivity index (χ4v) is 1.85. The number of aryl methyl sites for hydroxylation is 1. The monoisotopic (exact) mass is 207 g/mol. The molecule has 0 atom stereocenters. The van der Waals surface area contributed by atoms with Crippen LogP contribution in [-0.4, -0.2) is 13.7 Å². The molecule has 0 bridgehead atoms. The average Bonchev–Trinajstić information content (AvgIpc) is 2.21. The van der Waals surface area contributed by atoms with Crippen molar-refractivity contribution in [1.29, 1.82) is 0 Å². The first-order chi connectivity index (χ1) is 7.11. The van der Waals surface area contributed by atoms with Gasteiger partial charge in [-0.1, -0.05) is 0 Å². The second-order valence-corrected chi connectivity index (χ2v) is 3.88. The number of ether oxygens (including phenoxy) is 1. The minimum atomic E-state index is 0.727. The molecule has 0 aliphatic rings. The van der Waals surface area contributed by atoms with Crippen molar-refractivity contribution in [3.05, 3.63) is 28.3 Å². The van der Waals surface area contributed by atoms with Gasteiger partial charge in [0.15, 0.2) is 0 Å². The van der Waals surface area contributed by atoms with Gasteiger partial charge in [0.25, 0.3) is 0 Å². The van der Waals surface area contributed by atoms with Gasteiger partial charge in [-0.15, -0.1) is 0 Å². The molecule has 0 amide bonds. The Morgan fingerprint density at radius 3 is 2.40 bits per heavy atom. The average molecular weight is 207 g/mol. The van der Waals surface area contributed by atoms with E-state index in [0.717, 1.165) is 18.9 Å². The molecule has 15 heavy (non-hydrogen) atoms. The fourth-order valence-electron chi connectivity index (χ4n) is 1.85. The summed E-state index contributed by atoms with van der Waals surface area (Å²) < 4.78 is 5.61. The largest absolute Gasteiger partial charge is 0.494 e. The molecule has 0 heterocycles. The van der Waals surface area contributed by atoms with Crippen LogP contribution in [0, 0.1) is 20.8 Å². The molecule has 0 fully saturated rings. The highest BCUT2D eigenvalue weighted by molar-refractivity contribution is 5.48. The fraction of sp³-hybridized carbons (Fsp3) is 0.538. The third kappa shape index (κ3) is 2.51. The van der Waals surface area contributed by atoms with Crippen LogP contribution in [0.4, 0.5) is 0 Å². The summed E-state index contributed by atoms with van der Waals surface area (Å²) in [5.41, 5.74) is 5.29. The topological polar surface area (TPSA) is 21.3 Å². The van der Waals surface area contributed by atoms with Gasteiger partial charge in [0.2, 0.25) is 0 Å². The van der Waals surface area contributed by atoms with E-state index in [1.54, 1.807) is 0 Å². The van der Waals surface area contributed by atoms with Crippen LogP contribution in [0.15, 0.2) is 6.07 Å². The van der Waals surface area contributed by atoms with Crippen molar-refractivity contribution in [3.63, 3.8) is 0 Å². The van der Waals surface area contributed by atoms with Gasteiger partial charge in [0.05, 0.1) is 6.61 Å². The second kappa shape index (κ2) is 5.17. The molecule has 0 aliphatic carbocycles. The SMILES string of the molecule is CCOc1cc(C)c(CNC)c(C)c1C. The Balaban J connectivity index is 3.18. The minimum absolute atomic E-state index is 0.727. The molecular weight excluding hydrogens is 186 g/mol. The molecule has 1 N–H and O–H groups in total. The normalized spacial score (nSPS) is 10.5. The van der Waals surface area contributed by atoms with Gasteiger partial charge in [0.1, 0.15) is 5.75 Å². The molecule has 2 heteroatoms. The number of nitrogens with one attached hydrogen (secondary N) is 1. The zero-order valence-corrected chi connectivity index (χ0v) is 10.4. The molecule has 1 rings (SSSR count). The lowest BCUT2D eigenvalue weighted by molar-refractivity contribution is 0.337. The molecule has 0 aliphatic heterocycles. The molecule has 84 valence electrons. The Labute approximate surface area is 92.6 Å². The van der Waals surface area contributed by atoms with E-state index in [4.69, 9.17) is 4.74 Å². The van der Waals surface area contributed by atoms with E-state index >= 15 is 0 Å². The standard InChI is InChI=1S/C13H21NO/c1-6-15-13-7-9(2)12(8-14-5)10(3)11(13)4/h7,14H,6,8H2,1-5H3. The molecule has 0 unspecified atom stereocenters. The van der Waals surface area contributed by atoms with Crippen molar-refractivity contribution in [2.75, 3.05) is 13.7 Å². The van der Waals surface area contributed by atoms with E-state index in [1.165, 1.54) is 22.3 Å². The van der Waals surface area contributed by atoms with Crippen LogP contribution < -0.4 is 10.1 Å². The predicted molar refractivity (Wildman–Crippen MR) is 64.6 cm³/mol. The molecule has 0 saturated heterocycles. The summed E-state index contributed by atoms with van der Waals surface area (Å²) in [5.74, 6) is 1.02. The van der Waals surface area contributed by atoms with Crippen molar-refractivity contribution >= 4 is 0 Å². The van der Waals surface area contributed by atoms with E-state index < -0.39 is 0 Å². The summed E-state index contributed by atoms with van der Waals surface area (Å²) in [4.78, 5) is 0. The summed E-state index contributed by atoms with van der Waals surface area (Å²) >= 11 is 0. The summed E-state index contributed by atoms with van der Waals surface area (Å²) in [6, 6.07) is 2.14. The highest BCUT2D eigenvalue weighted by Crippen LogP contribution is 2.27. The molecule has 1 aromatic rings. The Bertz CT molecular complexity index is 345. The lowest BCUT2D eigenvalue weighted by Gasteiger charge is -2.16. The smallest absolute Gasteiger partial charge is 0.122 e. The first-order valence-electron chi connectivity index (χ1n) is 5.48. The minimum Gasteiger partial charge on any atom is -0.494 e. The number of hydrogen-bond donors (Lipinski definition) is 1. The Kier molecular flexibility index (Phi) is 4.15. The molecule has 0 aromatic heterocycles. The highest BCUT2D eigenvalue weighted by atomic mass is 16.5. The van der Waals surface area contributed by atoms with Gasteiger partial charge in [-0.25, -0.2) is 0 Å². The number of rotatable bonds is 4. The van der Waals surface area contributed by atoms with Crippen LogP contribution in [0.5, 0.6) is 5.75 Å². The zero-order valence-electron chi connectivity index (χ0n) is 10.4. The lowest BCUT2D eigenvalue weighted by Crippen LogP contribution is -2.10. The first-order valence-corrected chi connectivity index (χ1v) is 5.48. The van der Waals surface area contributed by atoms with Crippen molar-refractivity contribution < 1.29 is 4.74 Å². The van der Waals surface area contributed by atoms with E-state index in [9.17, 15) is 0 Å². The molecule has 0 radical (unpaired) electrons. The summed E-state index contributed by atoms with van der Waals surface area (Å²) in [5, 5.41) is 3.20. The summed E-state index contributed by atoms with van der Waals surface area (Å²) in [6.45, 7) is 10.1. The van der Waals surface area contributed by atoms with Crippen LogP contribution in [0.3, 0.4) is 0 Å². The second-order valence-electron chi connectivity index (χ2n) is 3.88. The lowest BCUT2D eigenvalue weighted by atomic mass is 9.97. The van der Waals surface area contributed by atoms with Crippen LogP contribution in [-0.2, 0) is 6.54 Å². The molecule has 0 spiro atoms. The van der Waals surface area contributed by atoms with Crippen LogP contribution in [0.2, 0.25) is 0 Å². The maximum atomic E-state index is 5.61. The third-order valence-corrected chi connectivity index (χ3v) is 2.86. The zero-order chi connectivity index (χ0) is 11.4. The van der Waals surface area contributed by atoms with E-state index in [0.29, 0.717) is 0 Å². The molecular formula is C13H21NO. The van der Waals surface area contributed by atoms with Crippen LogP contribution >= 0.6 is 0 Å². The van der Waals surface area contributed by atoms with E-state index in [2.05, 4.69) is 32.2 Å². The number of benzene rings is 1. The van der Waals surface area contributed by atoms with Crippen molar-refractivity contribution in [2.45, 2.75) is 34.2 Å². The van der Waals surface area contributed by atoms with Crippen molar-refractivity contribution in [1.82, 2.24) is 5.32 Å².